The van der Waals surface area contributed by atoms with Crippen molar-refractivity contribution in [2.45, 2.75) is 58.9 Å². The molecule has 2 saturated carbocycles. The summed E-state index contributed by atoms with van der Waals surface area (Å²) in [6.07, 6.45) is 8.58. The minimum absolute atomic E-state index is 0.0626. The zero-order valence-electron chi connectivity index (χ0n) is 22.6. The Bertz CT molecular complexity index is 1270. The fraction of sp³-hybridized carbons (Fsp3) is 0.469. The fourth-order valence-electron chi connectivity index (χ4n) is 7.16. The number of benzene rings is 2. The molecule has 2 bridgehead atoms. The van der Waals surface area contributed by atoms with Gasteiger partial charge in [0.25, 0.3) is 5.91 Å². The Morgan fingerprint density at radius 1 is 1.03 bits per heavy atom. The average Bonchev–Trinajstić information content (AvgIpc) is 3.24. The molecule has 2 aliphatic rings. The second-order valence-corrected chi connectivity index (χ2v) is 12.3. The number of nitrogens with zero attached hydrogens (tertiary/aromatic N) is 1. The van der Waals surface area contributed by atoms with Gasteiger partial charge in [0.1, 0.15) is 0 Å². The van der Waals surface area contributed by atoms with E-state index in [-0.39, 0.29) is 5.91 Å². The molecule has 2 aromatic carbocycles. The van der Waals surface area contributed by atoms with Crippen LogP contribution >= 0.6 is 23.2 Å². The van der Waals surface area contributed by atoms with E-state index in [1.807, 2.05) is 48.0 Å². The molecule has 1 amide bonds. The summed E-state index contributed by atoms with van der Waals surface area (Å²) in [7, 11) is 0. The molecule has 0 radical (unpaired) electrons. The molecule has 1 aromatic heterocycles. The van der Waals surface area contributed by atoms with Crippen LogP contribution in [0, 0.1) is 30.6 Å². The van der Waals surface area contributed by atoms with Crippen LogP contribution in [0.4, 0.5) is 0 Å². The van der Waals surface area contributed by atoms with Gasteiger partial charge in [-0.05, 0) is 85.6 Å². The molecule has 38 heavy (non-hydrogen) atoms. The van der Waals surface area contributed by atoms with Gasteiger partial charge in [-0.3, -0.25) is 4.79 Å². The standard InChI is InChI=1S/C32H39Cl2N3O/c1-4-23-16-22-14-20(2)15-25(17-22)30(23)35-12-13-36-32(38)27-19-37(29-11-10-26(33)18-28(29)34)31(21(27)3)24-8-6-5-7-9-24/h5-11,18-20,22-23,25,30,35H,4,12-17H2,1-3H3,(H,36,38). The van der Waals surface area contributed by atoms with Crippen LogP contribution in [0.15, 0.2) is 54.7 Å². The van der Waals surface area contributed by atoms with E-state index in [0.717, 1.165) is 52.7 Å². The molecule has 2 N–H and O–H groups in total. The van der Waals surface area contributed by atoms with Gasteiger partial charge in [0.15, 0.2) is 0 Å². The zero-order valence-corrected chi connectivity index (χ0v) is 24.2. The maximum absolute atomic E-state index is 13.4. The molecule has 1 heterocycles. The molecular weight excluding hydrogens is 513 g/mol. The van der Waals surface area contributed by atoms with Gasteiger partial charge in [-0.1, -0.05) is 73.8 Å². The van der Waals surface area contributed by atoms with Crippen LogP contribution in [-0.2, 0) is 0 Å². The van der Waals surface area contributed by atoms with Crippen LogP contribution in [0.3, 0.4) is 0 Å². The van der Waals surface area contributed by atoms with E-state index >= 15 is 0 Å². The summed E-state index contributed by atoms with van der Waals surface area (Å²) < 4.78 is 2.00. The van der Waals surface area contributed by atoms with Gasteiger partial charge in [-0.25, -0.2) is 0 Å². The van der Waals surface area contributed by atoms with Crippen LogP contribution in [-0.4, -0.2) is 29.6 Å². The van der Waals surface area contributed by atoms with Crippen molar-refractivity contribution in [3.05, 3.63) is 75.9 Å². The van der Waals surface area contributed by atoms with E-state index in [1.165, 1.54) is 32.1 Å². The summed E-state index contributed by atoms with van der Waals surface area (Å²) in [5, 5.41) is 8.15. The highest BCUT2D eigenvalue weighted by Gasteiger charge is 2.40. The molecule has 6 heteroatoms. The van der Waals surface area contributed by atoms with E-state index in [0.29, 0.717) is 28.2 Å². The molecule has 3 aromatic rings. The third-order valence-corrected chi connectivity index (χ3v) is 9.30. The molecule has 4 nitrogen and oxygen atoms in total. The number of fused-ring (bicyclic) bond motifs is 2. The van der Waals surface area contributed by atoms with Gasteiger partial charge >= 0.3 is 0 Å². The van der Waals surface area contributed by atoms with Crippen LogP contribution in [0.25, 0.3) is 16.9 Å². The number of carbonyl (C=O) groups is 1. The average molecular weight is 553 g/mol. The van der Waals surface area contributed by atoms with Crippen molar-refractivity contribution >= 4 is 29.1 Å². The Morgan fingerprint density at radius 2 is 1.82 bits per heavy atom. The summed E-state index contributed by atoms with van der Waals surface area (Å²) >= 11 is 12.8. The number of hydrogen-bond acceptors (Lipinski definition) is 2. The highest BCUT2D eigenvalue weighted by Crippen LogP contribution is 2.45. The summed E-state index contributed by atoms with van der Waals surface area (Å²) in [5.41, 5.74) is 4.35. The highest BCUT2D eigenvalue weighted by atomic mass is 35.5. The first-order valence-electron chi connectivity index (χ1n) is 14.1. The van der Waals surface area contributed by atoms with Crippen LogP contribution < -0.4 is 10.6 Å². The van der Waals surface area contributed by atoms with Crippen molar-refractivity contribution in [2.24, 2.45) is 23.7 Å². The number of halogens is 2. The van der Waals surface area contributed by atoms with Crippen LogP contribution in [0.5, 0.6) is 0 Å². The molecular formula is C32H39Cl2N3O. The van der Waals surface area contributed by atoms with Gasteiger partial charge < -0.3 is 15.2 Å². The Morgan fingerprint density at radius 3 is 2.55 bits per heavy atom. The number of rotatable bonds is 8. The van der Waals surface area contributed by atoms with Gasteiger partial charge in [-0.15, -0.1) is 0 Å². The highest BCUT2D eigenvalue weighted by molar-refractivity contribution is 6.35. The van der Waals surface area contributed by atoms with Crippen LogP contribution in [0.1, 0.15) is 61.9 Å². The number of carbonyl (C=O) groups excluding carboxylic acids is 1. The lowest BCUT2D eigenvalue weighted by Crippen LogP contribution is -2.51. The molecule has 5 unspecified atom stereocenters. The first kappa shape index (κ1) is 27.3. The predicted molar refractivity (Wildman–Crippen MR) is 158 cm³/mol. The van der Waals surface area contributed by atoms with Crippen molar-refractivity contribution in [2.75, 3.05) is 13.1 Å². The van der Waals surface area contributed by atoms with Crippen LogP contribution in [0.2, 0.25) is 10.0 Å². The zero-order chi connectivity index (χ0) is 26.8. The van der Waals surface area contributed by atoms with E-state index in [2.05, 4.69) is 36.6 Å². The minimum atomic E-state index is -0.0626. The first-order valence-corrected chi connectivity index (χ1v) is 14.9. The lowest BCUT2D eigenvalue weighted by atomic mass is 9.62. The first-order chi connectivity index (χ1) is 18.4. The Labute approximate surface area is 237 Å². The summed E-state index contributed by atoms with van der Waals surface area (Å²) in [4.78, 5) is 13.4. The number of hydrogen-bond donors (Lipinski definition) is 2. The van der Waals surface area contributed by atoms with E-state index in [4.69, 9.17) is 23.2 Å². The number of aromatic nitrogens is 1. The van der Waals surface area contributed by atoms with Crippen molar-refractivity contribution in [3.63, 3.8) is 0 Å². The second kappa shape index (κ2) is 11.9. The summed E-state index contributed by atoms with van der Waals surface area (Å²) in [5.74, 6) is 3.20. The molecule has 0 spiro atoms. The van der Waals surface area contributed by atoms with Gasteiger partial charge in [0.05, 0.1) is 22.0 Å². The molecule has 5 atom stereocenters. The van der Waals surface area contributed by atoms with Crippen molar-refractivity contribution in [1.29, 1.82) is 0 Å². The number of nitrogens with one attached hydrogen (secondary N) is 2. The smallest absolute Gasteiger partial charge is 0.253 e. The quantitative estimate of drug-likeness (QED) is 0.279. The van der Waals surface area contributed by atoms with E-state index < -0.39 is 0 Å². The van der Waals surface area contributed by atoms with Gasteiger partial charge in [0.2, 0.25) is 0 Å². The maximum Gasteiger partial charge on any atom is 0.253 e. The predicted octanol–water partition coefficient (Wildman–Crippen LogP) is 7.93. The van der Waals surface area contributed by atoms with Crippen molar-refractivity contribution in [1.82, 2.24) is 15.2 Å². The molecule has 2 fully saturated rings. The monoisotopic (exact) mass is 551 g/mol. The third kappa shape index (κ3) is 5.68. The Hall–Kier alpha value is -2.27. The normalized spacial score (nSPS) is 24.8. The fourth-order valence-corrected chi connectivity index (χ4v) is 7.66. The topological polar surface area (TPSA) is 46.1 Å². The van der Waals surface area contributed by atoms with E-state index in [1.54, 1.807) is 6.07 Å². The van der Waals surface area contributed by atoms with Gasteiger partial charge in [-0.2, -0.15) is 0 Å². The Kier molecular flexibility index (Phi) is 8.52. The number of amides is 1. The second-order valence-electron chi connectivity index (χ2n) is 11.4. The SMILES string of the molecule is CCC1CC2CC(C)CC(C2)C1NCCNC(=O)c1cn(-c2ccc(Cl)cc2Cl)c(-c2ccccc2)c1C. The summed E-state index contributed by atoms with van der Waals surface area (Å²) in [6.45, 7) is 8.14. The van der Waals surface area contributed by atoms with Crippen molar-refractivity contribution < 1.29 is 4.79 Å². The largest absolute Gasteiger partial charge is 0.351 e. The van der Waals surface area contributed by atoms with Crippen molar-refractivity contribution in [3.8, 4) is 16.9 Å². The summed E-state index contributed by atoms with van der Waals surface area (Å²) in [6, 6.07) is 16.1. The Balaban J connectivity index is 1.31. The lowest BCUT2D eigenvalue weighted by molar-refractivity contribution is 0.0612. The molecule has 2 aliphatic carbocycles. The van der Waals surface area contributed by atoms with E-state index in [9.17, 15) is 4.79 Å². The molecule has 0 saturated heterocycles. The molecule has 5 rings (SSSR count). The minimum Gasteiger partial charge on any atom is -0.351 e. The third-order valence-electron chi connectivity index (χ3n) is 8.76. The molecule has 0 aliphatic heterocycles. The van der Waals surface area contributed by atoms with Gasteiger partial charge in [0, 0.05) is 30.4 Å². The maximum atomic E-state index is 13.4. The molecule has 202 valence electrons. The lowest BCUT2D eigenvalue weighted by Gasteiger charge is -2.47.